The van der Waals surface area contributed by atoms with Crippen LogP contribution in [0.2, 0.25) is 0 Å². The third kappa shape index (κ3) is 3.60. The van der Waals surface area contributed by atoms with E-state index in [0.29, 0.717) is 0 Å². The predicted octanol–water partition coefficient (Wildman–Crippen LogP) is 3.56. The zero-order chi connectivity index (χ0) is 9.52. The van der Waals surface area contributed by atoms with Crippen molar-refractivity contribution in [3.8, 4) is 0 Å². The van der Waals surface area contributed by atoms with Crippen LogP contribution in [0.5, 0.6) is 0 Å². The summed E-state index contributed by atoms with van der Waals surface area (Å²) in [4.78, 5) is 0. The van der Waals surface area contributed by atoms with E-state index in [2.05, 4.69) is 38.1 Å². The first-order valence-corrected chi connectivity index (χ1v) is 5.01. The van der Waals surface area contributed by atoms with Crippen LogP contribution in [-0.2, 0) is 4.74 Å². The van der Waals surface area contributed by atoms with Gasteiger partial charge in [-0.15, -0.1) is 0 Å². The molecule has 0 bridgehead atoms. The molecule has 1 aromatic carbocycles. The van der Waals surface area contributed by atoms with E-state index in [-0.39, 0.29) is 6.10 Å². The lowest BCUT2D eigenvalue weighted by molar-refractivity contribution is 0.0637. The standard InChI is InChI=1S/C12H18O/c1-3-4-10-13-11(2)12-8-6-5-7-9-12/h5-9,11H,3-4,10H2,1-2H3/t11-/m0/s1. The van der Waals surface area contributed by atoms with Crippen molar-refractivity contribution in [2.45, 2.75) is 32.8 Å². The van der Waals surface area contributed by atoms with E-state index in [1.54, 1.807) is 0 Å². The van der Waals surface area contributed by atoms with Gasteiger partial charge in [0, 0.05) is 6.61 Å². The van der Waals surface area contributed by atoms with Crippen LogP contribution in [0.4, 0.5) is 0 Å². The Balaban J connectivity index is 2.35. The molecule has 1 heteroatoms. The molecule has 1 rings (SSSR count). The van der Waals surface area contributed by atoms with Crippen LogP contribution < -0.4 is 0 Å². The van der Waals surface area contributed by atoms with Crippen molar-refractivity contribution in [3.63, 3.8) is 0 Å². The van der Waals surface area contributed by atoms with Crippen molar-refractivity contribution in [2.24, 2.45) is 0 Å². The Morgan fingerprint density at radius 3 is 2.54 bits per heavy atom. The molecule has 0 heterocycles. The molecule has 0 spiro atoms. The van der Waals surface area contributed by atoms with E-state index in [1.807, 2.05) is 6.07 Å². The number of unbranched alkanes of at least 4 members (excludes halogenated alkanes) is 1. The quantitative estimate of drug-likeness (QED) is 0.626. The summed E-state index contributed by atoms with van der Waals surface area (Å²) in [6, 6.07) is 10.3. The molecule has 1 atom stereocenters. The van der Waals surface area contributed by atoms with Gasteiger partial charge in [-0.25, -0.2) is 0 Å². The maximum atomic E-state index is 5.67. The second-order valence-corrected chi connectivity index (χ2v) is 3.28. The van der Waals surface area contributed by atoms with E-state index in [4.69, 9.17) is 4.74 Å². The topological polar surface area (TPSA) is 9.23 Å². The van der Waals surface area contributed by atoms with Gasteiger partial charge >= 0.3 is 0 Å². The molecule has 0 unspecified atom stereocenters. The third-order valence-electron chi connectivity index (χ3n) is 2.13. The third-order valence-corrected chi connectivity index (χ3v) is 2.13. The molecule has 13 heavy (non-hydrogen) atoms. The monoisotopic (exact) mass is 178 g/mol. The fourth-order valence-electron chi connectivity index (χ4n) is 1.22. The number of hydrogen-bond donors (Lipinski definition) is 0. The van der Waals surface area contributed by atoms with Gasteiger partial charge in [-0.3, -0.25) is 0 Å². The van der Waals surface area contributed by atoms with E-state index < -0.39 is 0 Å². The molecule has 1 nitrogen and oxygen atoms in total. The first-order chi connectivity index (χ1) is 6.34. The molecular weight excluding hydrogens is 160 g/mol. The van der Waals surface area contributed by atoms with Gasteiger partial charge in [0.25, 0.3) is 0 Å². The van der Waals surface area contributed by atoms with Crippen LogP contribution in [0.15, 0.2) is 30.3 Å². The summed E-state index contributed by atoms with van der Waals surface area (Å²) in [6.07, 6.45) is 2.58. The number of rotatable bonds is 5. The lowest BCUT2D eigenvalue weighted by Gasteiger charge is -2.12. The van der Waals surface area contributed by atoms with E-state index in [9.17, 15) is 0 Å². The molecule has 0 N–H and O–H groups in total. The van der Waals surface area contributed by atoms with Gasteiger partial charge in [-0.05, 0) is 18.9 Å². The zero-order valence-electron chi connectivity index (χ0n) is 8.49. The summed E-state index contributed by atoms with van der Waals surface area (Å²) in [7, 11) is 0. The molecule has 0 amide bonds. The summed E-state index contributed by atoms with van der Waals surface area (Å²) < 4.78 is 5.67. The largest absolute Gasteiger partial charge is 0.374 e. The van der Waals surface area contributed by atoms with Gasteiger partial charge in [0.2, 0.25) is 0 Å². The molecule has 1 aromatic rings. The second-order valence-electron chi connectivity index (χ2n) is 3.28. The fourth-order valence-corrected chi connectivity index (χ4v) is 1.22. The van der Waals surface area contributed by atoms with Gasteiger partial charge < -0.3 is 4.74 Å². The highest BCUT2D eigenvalue weighted by Crippen LogP contribution is 2.15. The average molecular weight is 178 g/mol. The second kappa shape index (κ2) is 5.76. The fraction of sp³-hybridized carbons (Fsp3) is 0.500. The van der Waals surface area contributed by atoms with Crippen molar-refractivity contribution in [3.05, 3.63) is 35.9 Å². The molecule has 0 radical (unpaired) electrons. The SMILES string of the molecule is CCCCO[C@@H](C)c1ccccc1. The highest BCUT2D eigenvalue weighted by Gasteiger charge is 2.02. The normalized spacial score (nSPS) is 12.8. The number of ether oxygens (including phenoxy) is 1. The first kappa shape index (κ1) is 10.3. The lowest BCUT2D eigenvalue weighted by Crippen LogP contribution is -2.00. The Labute approximate surface area is 80.7 Å². The van der Waals surface area contributed by atoms with E-state index in [1.165, 1.54) is 12.0 Å². The summed E-state index contributed by atoms with van der Waals surface area (Å²) in [5, 5.41) is 0. The molecular formula is C12H18O. The summed E-state index contributed by atoms with van der Waals surface area (Å²) in [6.45, 7) is 5.15. The molecule has 0 aliphatic heterocycles. The zero-order valence-corrected chi connectivity index (χ0v) is 8.49. The van der Waals surface area contributed by atoms with Crippen molar-refractivity contribution < 1.29 is 4.74 Å². The maximum absolute atomic E-state index is 5.67. The smallest absolute Gasteiger partial charge is 0.0796 e. The number of benzene rings is 1. The Kier molecular flexibility index (Phi) is 4.55. The van der Waals surface area contributed by atoms with Crippen LogP contribution in [-0.4, -0.2) is 6.61 Å². The van der Waals surface area contributed by atoms with Crippen LogP contribution in [0.1, 0.15) is 38.4 Å². The highest BCUT2D eigenvalue weighted by atomic mass is 16.5. The van der Waals surface area contributed by atoms with Gasteiger partial charge in [0.15, 0.2) is 0 Å². The van der Waals surface area contributed by atoms with Gasteiger partial charge in [-0.2, -0.15) is 0 Å². The Hall–Kier alpha value is -0.820. The summed E-state index contributed by atoms with van der Waals surface area (Å²) >= 11 is 0. The Morgan fingerprint density at radius 2 is 1.92 bits per heavy atom. The minimum atomic E-state index is 0.229. The molecule has 0 aliphatic rings. The molecule has 0 aliphatic carbocycles. The van der Waals surface area contributed by atoms with Crippen LogP contribution >= 0.6 is 0 Å². The minimum Gasteiger partial charge on any atom is -0.374 e. The summed E-state index contributed by atoms with van der Waals surface area (Å²) in [5.74, 6) is 0. The van der Waals surface area contributed by atoms with Crippen LogP contribution in [0, 0.1) is 0 Å². The van der Waals surface area contributed by atoms with E-state index >= 15 is 0 Å². The van der Waals surface area contributed by atoms with Crippen molar-refractivity contribution in [1.82, 2.24) is 0 Å². The van der Waals surface area contributed by atoms with Gasteiger partial charge in [0.05, 0.1) is 6.10 Å². The maximum Gasteiger partial charge on any atom is 0.0796 e. The predicted molar refractivity (Wildman–Crippen MR) is 55.7 cm³/mol. The van der Waals surface area contributed by atoms with Crippen molar-refractivity contribution in [1.29, 1.82) is 0 Å². The lowest BCUT2D eigenvalue weighted by atomic mass is 10.1. The van der Waals surface area contributed by atoms with Gasteiger partial charge in [-0.1, -0.05) is 43.7 Å². The number of hydrogen-bond acceptors (Lipinski definition) is 1. The van der Waals surface area contributed by atoms with Crippen molar-refractivity contribution >= 4 is 0 Å². The minimum absolute atomic E-state index is 0.229. The van der Waals surface area contributed by atoms with E-state index in [0.717, 1.165) is 13.0 Å². The first-order valence-electron chi connectivity index (χ1n) is 5.01. The van der Waals surface area contributed by atoms with Crippen molar-refractivity contribution in [2.75, 3.05) is 6.61 Å². The van der Waals surface area contributed by atoms with Gasteiger partial charge in [0.1, 0.15) is 0 Å². The molecule has 0 saturated carbocycles. The highest BCUT2D eigenvalue weighted by molar-refractivity contribution is 5.16. The summed E-state index contributed by atoms with van der Waals surface area (Å²) in [5.41, 5.74) is 1.26. The molecule has 0 aromatic heterocycles. The Morgan fingerprint density at radius 1 is 1.23 bits per heavy atom. The Bertz CT molecular complexity index is 218. The van der Waals surface area contributed by atoms with Crippen LogP contribution in [0.3, 0.4) is 0 Å². The average Bonchev–Trinajstić information content (AvgIpc) is 2.19. The molecule has 0 saturated heterocycles. The van der Waals surface area contributed by atoms with Crippen LogP contribution in [0.25, 0.3) is 0 Å². The molecule has 72 valence electrons. The molecule has 0 fully saturated rings.